The Labute approximate surface area is 144 Å². The smallest absolute Gasteiger partial charge is 0.226 e. The molecule has 0 saturated carbocycles. The minimum Gasteiger partial charge on any atom is -0.343 e. The largest absolute Gasteiger partial charge is 0.343 e. The highest BCUT2D eigenvalue weighted by molar-refractivity contribution is 5.76. The molecule has 3 rings (SSSR count). The van der Waals surface area contributed by atoms with Crippen LogP contribution in [0.15, 0.2) is 4.52 Å². The van der Waals surface area contributed by atoms with Crippen LogP contribution in [0.4, 0.5) is 0 Å². The zero-order chi connectivity index (χ0) is 16.9. The van der Waals surface area contributed by atoms with Crippen LogP contribution in [-0.4, -0.2) is 59.1 Å². The molecule has 2 aliphatic rings. The number of aromatic nitrogens is 2. The average molecular weight is 334 g/mol. The number of carbonyl (C=O) groups is 1. The predicted octanol–water partition coefficient (Wildman–Crippen LogP) is 2.28. The fraction of sp³-hybridized carbons (Fsp3) is 0.833. The van der Waals surface area contributed by atoms with Crippen LogP contribution >= 0.6 is 0 Å². The zero-order valence-electron chi connectivity index (χ0n) is 15.0. The van der Waals surface area contributed by atoms with Crippen LogP contribution in [0, 0.1) is 18.8 Å². The first-order valence-corrected chi connectivity index (χ1v) is 9.35. The van der Waals surface area contributed by atoms with Gasteiger partial charge in [0, 0.05) is 32.5 Å². The molecule has 24 heavy (non-hydrogen) atoms. The number of hydrogen-bond acceptors (Lipinski definition) is 5. The normalized spacial score (nSPS) is 23.6. The highest BCUT2D eigenvalue weighted by Crippen LogP contribution is 2.24. The molecular weight excluding hydrogens is 304 g/mol. The van der Waals surface area contributed by atoms with E-state index in [0.717, 1.165) is 51.2 Å². The van der Waals surface area contributed by atoms with E-state index in [1.165, 1.54) is 19.4 Å². The Morgan fingerprint density at radius 3 is 2.67 bits per heavy atom. The summed E-state index contributed by atoms with van der Waals surface area (Å²) in [5, 5.41) is 3.85. The highest BCUT2D eigenvalue weighted by atomic mass is 16.5. The molecule has 1 amide bonds. The predicted molar refractivity (Wildman–Crippen MR) is 91.5 cm³/mol. The summed E-state index contributed by atoms with van der Waals surface area (Å²) in [5.74, 6) is 3.03. The third kappa shape index (κ3) is 4.79. The van der Waals surface area contributed by atoms with Crippen LogP contribution in [0.5, 0.6) is 0 Å². The molecule has 0 aromatic carbocycles. The van der Waals surface area contributed by atoms with Gasteiger partial charge in [0.2, 0.25) is 11.8 Å². The molecule has 0 N–H and O–H groups in total. The van der Waals surface area contributed by atoms with Gasteiger partial charge < -0.3 is 14.3 Å². The molecule has 134 valence electrons. The molecule has 1 atom stereocenters. The highest BCUT2D eigenvalue weighted by Gasteiger charge is 2.25. The van der Waals surface area contributed by atoms with Crippen LogP contribution < -0.4 is 0 Å². The van der Waals surface area contributed by atoms with Crippen LogP contribution in [0.1, 0.15) is 50.2 Å². The molecule has 2 aliphatic heterocycles. The van der Waals surface area contributed by atoms with Gasteiger partial charge in [-0.1, -0.05) is 5.16 Å². The van der Waals surface area contributed by atoms with Gasteiger partial charge in [0.15, 0.2) is 5.82 Å². The van der Waals surface area contributed by atoms with E-state index in [9.17, 15) is 4.79 Å². The minimum absolute atomic E-state index is 0.343. The standard InChI is InChI=1S/C18H30N4O2/c1-14-19-17(24-20-14)12-15-7-10-22(11-8-15)18(23)6-5-16-4-3-9-21(2)13-16/h15-16H,3-13H2,1-2H3/t16-/m0/s1. The van der Waals surface area contributed by atoms with Gasteiger partial charge in [0.05, 0.1) is 0 Å². The molecule has 0 unspecified atom stereocenters. The van der Waals surface area contributed by atoms with Crippen molar-refractivity contribution in [3.05, 3.63) is 11.7 Å². The fourth-order valence-corrected chi connectivity index (χ4v) is 4.05. The molecule has 2 fully saturated rings. The topological polar surface area (TPSA) is 62.5 Å². The van der Waals surface area contributed by atoms with Crippen molar-refractivity contribution in [2.75, 3.05) is 33.2 Å². The molecule has 0 spiro atoms. The van der Waals surface area contributed by atoms with Crippen molar-refractivity contribution in [3.8, 4) is 0 Å². The first-order chi connectivity index (χ1) is 11.6. The lowest BCUT2D eigenvalue weighted by Crippen LogP contribution is -2.39. The molecule has 1 aromatic heterocycles. The van der Waals surface area contributed by atoms with Gasteiger partial charge in [-0.05, 0) is 64.5 Å². The number of carbonyl (C=O) groups excluding carboxylic acids is 1. The Bertz CT molecular complexity index is 537. The molecule has 2 saturated heterocycles. The molecule has 0 bridgehead atoms. The van der Waals surface area contributed by atoms with E-state index in [1.807, 2.05) is 6.92 Å². The van der Waals surface area contributed by atoms with Crippen molar-refractivity contribution < 1.29 is 9.32 Å². The van der Waals surface area contributed by atoms with Gasteiger partial charge in [-0.3, -0.25) is 4.79 Å². The summed E-state index contributed by atoms with van der Waals surface area (Å²) >= 11 is 0. The van der Waals surface area contributed by atoms with Crippen LogP contribution in [0.3, 0.4) is 0 Å². The second kappa shape index (κ2) is 8.10. The molecule has 0 radical (unpaired) electrons. The minimum atomic E-state index is 0.343. The van der Waals surface area contributed by atoms with Gasteiger partial charge in [-0.25, -0.2) is 0 Å². The maximum absolute atomic E-state index is 12.5. The van der Waals surface area contributed by atoms with Crippen molar-refractivity contribution in [3.63, 3.8) is 0 Å². The summed E-state index contributed by atoms with van der Waals surface area (Å²) < 4.78 is 5.21. The second-order valence-electron chi connectivity index (χ2n) is 7.57. The van der Waals surface area contributed by atoms with E-state index >= 15 is 0 Å². The third-order valence-corrected chi connectivity index (χ3v) is 5.49. The van der Waals surface area contributed by atoms with Crippen molar-refractivity contribution in [1.29, 1.82) is 0 Å². The molecule has 1 aromatic rings. The summed E-state index contributed by atoms with van der Waals surface area (Å²) in [4.78, 5) is 21.2. The van der Waals surface area contributed by atoms with E-state index in [4.69, 9.17) is 4.52 Å². The molecular formula is C18H30N4O2. The summed E-state index contributed by atoms with van der Waals surface area (Å²) in [6.07, 6.45) is 7.24. The Balaban J connectivity index is 1.37. The number of amides is 1. The van der Waals surface area contributed by atoms with Gasteiger partial charge in [-0.15, -0.1) is 0 Å². The number of piperidine rings is 2. The summed E-state index contributed by atoms with van der Waals surface area (Å²) in [7, 11) is 2.18. The summed E-state index contributed by atoms with van der Waals surface area (Å²) in [6.45, 7) is 5.96. The Kier molecular flexibility index (Phi) is 5.87. The van der Waals surface area contributed by atoms with Crippen LogP contribution in [0.25, 0.3) is 0 Å². The fourth-order valence-electron chi connectivity index (χ4n) is 4.05. The zero-order valence-corrected chi connectivity index (χ0v) is 15.0. The lowest BCUT2D eigenvalue weighted by molar-refractivity contribution is -0.133. The third-order valence-electron chi connectivity index (χ3n) is 5.49. The second-order valence-corrected chi connectivity index (χ2v) is 7.57. The number of rotatable bonds is 5. The Morgan fingerprint density at radius 1 is 1.21 bits per heavy atom. The van der Waals surface area contributed by atoms with Gasteiger partial charge in [-0.2, -0.15) is 4.98 Å². The molecule has 6 heteroatoms. The average Bonchev–Trinajstić information content (AvgIpc) is 2.98. The van der Waals surface area contributed by atoms with Gasteiger partial charge >= 0.3 is 0 Å². The van der Waals surface area contributed by atoms with E-state index in [1.54, 1.807) is 0 Å². The van der Waals surface area contributed by atoms with E-state index in [0.29, 0.717) is 30.0 Å². The lowest BCUT2D eigenvalue weighted by Gasteiger charge is -2.33. The van der Waals surface area contributed by atoms with Crippen molar-refractivity contribution in [2.24, 2.45) is 11.8 Å². The maximum atomic E-state index is 12.5. The quantitative estimate of drug-likeness (QED) is 0.827. The molecule has 6 nitrogen and oxygen atoms in total. The van der Waals surface area contributed by atoms with Gasteiger partial charge in [0.1, 0.15) is 0 Å². The lowest BCUT2D eigenvalue weighted by atomic mass is 9.91. The summed E-state index contributed by atoms with van der Waals surface area (Å²) in [5.41, 5.74) is 0. The Morgan fingerprint density at radius 2 is 2.00 bits per heavy atom. The first-order valence-electron chi connectivity index (χ1n) is 9.35. The maximum Gasteiger partial charge on any atom is 0.226 e. The van der Waals surface area contributed by atoms with E-state index < -0.39 is 0 Å². The Hall–Kier alpha value is -1.43. The number of aryl methyl sites for hydroxylation is 1. The van der Waals surface area contributed by atoms with E-state index in [2.05, 4.69) is 27.0 Å². The number of hydrogen-bond donors (Lipinski definition) is 0. The SMILES string of the molecule is Cc1noc(CC2CCN(C(=O)CC[C@@H]3CCCN(C)C3)CC2)n1. The van der Waals surface area contributed by atoms with Crippen LogP contribution in [-0.2, 0) is 11.2 Å². The van der Waals surface area contributed by atoms with E-state index in [-0.39, 0.29) is 0 Å². The molecule has 0 aliphatic carbocycles. The first kappa shape index (κ1) is 17.4. The van der Waals surface area contributed by atoms with Crippen LogP contribution in [0.2, 0.25) is 0 Å². The van der Waals surface area contributed by atoms with Gasteiger partial charge in [0.25, 0.3) is 0 Å². The summed E-state index contributed by atoms with van der Waals surface area (Å²) in [6, 6.07) is 0. The van der Waals surface area contributed by atoms with Crippen molar-refractivity contribution in [1.82, 2.24) is 19.9 Å². The number of nitrogens with zero attached hydrogens (tertiary/aromatic N) is 4. The monoisotopic (exact) mass is 334 g/mol. The van der Waals surface area contributed by atoms with Crippen molar-refractivity contribution in [2.45, 2.75) is 51.9 Å². The number of likely N-dealkylation sites (tertiary alicyclic amines) is 2. The van der Waals surface area contributed by atoms with Crippen molar-refractivity contribution >= 4 is 5.91 Å². The molecule has 3 heterocycles.